The number of amides is 2. The summed E-state index contributed by atoms with van der Waals surface area (Å²) in [6, 6.07) is 1.34. The molecule has 0 radical (unpaired) electrons. The summed E-state index contributed by atoms with van der Waals surface area (Å²) in [5.74, 6) is 8.68. The van der Waals surface area contributed by atoms with Gasteiger partial charge in [-0.3, -0.25) is 19.7 Å². The number of Topliss-reactive ketones (excluding diaryl/α,β-unsaturated/α-hetero) is 1. The van der Waals surface area contributed by atoms with Crippen LogP contribution in [0.3, 0.4) is 0 Å². The molecule has 480 valence electrons. The maximum Gasteiger partial charge on any atom is 0.411 e. The minimum Gasteiger partial charge on any atom is -0.493 e. The van der Waals surface area contributed by atoms with Crippen molar-refractivity contribution in [1.82, 2.24) is 16.1 Å². The van der Waals surface area contributed by atoms with E-state index in [1.54, 1.807) is 27.2 Å². The lowest BCUT2D eigenvalue weighted by molar-refractivity contribution is -0.336. The van der Waals surface area contributed by atoms with Gasteiger partial charge in [0, 0.05) is 55.4 Å². The van der Waals surface area contributed by atoms with Crippen LogP contribution in [-0.2, 0) is 66.5 Å². The number of allylic oxidation sites excluding steroid dienone is 2. The molecule has 4 saturated heterocycles. The Bertz CT molecular complexity index is 2820. The predicted molar refractivity (Wildman–Crippen MR) is 321 cm³/mol. The summed E-state index contributed by atoms with van der Waals surface area (Å²) in [5, 5.41) is 56.5. The van der Waals surface area contributed by atoms with Gasteiger partial charge in [0.25, 0.3) is 5.91 Å². The normalized spacial score (nSPS) is 34.9. The number of benzene rings is 1. The first-order valence-electron chi connectivity index (χ1n) is 27.5. The zero-order valence-electron chi connectivity index (χ0n) is 49.8. The first kappa shape index (κ1) is 69.8. The van der Waals surface area contributed by atoms with E-state index >= 15 is 4.79 Å². The topological polar surface area (TPSA) is 327 Å². The minimum atomic E-state index is -2.63. The van der Waals surface area contributed by atoms with E-state index < -0.39 is 134 Å². The van der Waals surface area contributed by atoms with E-state index in [0.717, 1.165) is 7.11 Å². The second-order valence-electron chi connectivity index (χ2n) is 20.4. The van der Waals surface area contributed by atoms with Crippen LogP contribution in [0.2, 0.25) is 0 Å². The van der Waals surface area contributed by atoms with Gasteiger partial charge in [-0.15, -0.1) is 0 Å². The Morgan fingerprint density at radius 3 is 2.22 bits per heavy atom. The first-order chi connectivity index (χ1) is 41.7. The number of ether oxygens (including phenoxy) is 13. The highest BCUT2D eigenvalue weighted by atomic mass is 33.5. The summed E-state index contributed by atoms with van der Waals surface area (Å²) < 4.78 is 77.4. The summed E-state index contributed by atoms with van der Waals surface area (Å²) in [4.78, 5) is 61.9. The highest BCUT2D eigenvalue weighted by molar-refractivity contribution is 9.09. The predicted octanol–water partition coefficient (Wildman–Crippen LogP) is 2.64. The number of thioether (sulfide) groups is 1. The van der Waals surface area contributed by atoms with Crippen molar-refractivity contribution in [3.05, 3.63) is 65.1 Å². The number of esters is 1. The lowest BCUT2D eigenvalue weighted by Gasteiger charge is -2.47. The average Bonchev–Trinajstić information content (AvgIpc) is 0.873. The van der Waals surface area contributed by atoms with Gasteiger partial charge < -0.3 is 92.6 Å². The van der Waals surface area contributed by atoms with Gasteiger partial charge in [0.15, 0.2) is 60.2 Å². The van der Waals surface area contributed by atoms with Crippen LogP contribution >= 0.6 is 43.2 Å². The van der Waals surface area contributed by atoms with Crippen LogP contribution in [0.1, 0.15) is 50.4 Å². The number of aliphatic hydroxyl groups excluding tert-OH is 3. The van der Waals surface area contributed by atoms with Crippen molar-refractivity contribution in [2.24, 2.45) is 0 Å². The second kappa shape index (κ2) is 32.4. The minimum absolute atomic E-state index is 0.0771. The van der Waals surface area contributed by atoms with Gasteiger partial charge in [0.05, 0.1) is 106 Å². The molecule has 1 aromatic carbocycles. The summed E-state index contributed by atoms with van der Waals surface area (Å²) in [5.41, 5.74) is -0.858. The third-order valence-corrected chi connectivity index (χ3v) is 20.0. The van der Waals surface area contributed by atoms with E-state index in [9.17, 15) is 34.8 Å². The Balaban J connectivity index is 1.23. The molecule has 0 aromatic heterocycles. The highest BCUT2D eigenvalue weighted by Crippen LogP contribution is 2.44. The molecule has 2 bridgehead atoms. The van der Waals surface area contributed by atoms with Crippen LogP contribution in [0, 0.1) is 23.7 Å². The maximum absolute atomic E-state index is 15.5. The van der Waals surface area contributed by atoms with Gasteiger partial charge in [-0.2, -0.15) is 17.2 Å². The van der Waals surface area contributed by atoms with Crippen molar-refractivity contribution < 1.29 is 106 Å². The molecule has 4 fully saturated rings. The zero-order chi connectivity index (χ0) is 63.3. The second-order valence-corrected chi connectivity index (χ2v) is 25.8. The maximum atomic E-state index is 15.5. The van der Waals surface area contributed by atoms with Crippen LogP contribution in [-0.4, -0.2) is 227 Å². The molecule has 0 spiro atoms. The molecule has 4 aliphatic heterocycles. The van der Waals surface area contributed by atoms with Gasteiger partial charge in [-0.05, 0) is 62.3 Å². The van der Waals surface area contributed by atoms with E-state index in [0.29, 0.717) is 0 Å². The number of nitrogens with one attached hydrogen (secondary N) is 4. The largest absolute Gasteiger partial charge is 0.493 e. The molecule has 0 saturated carbocycles. The molecular formula is C57H76N4O22S4. The number of alkyl carbamates (subject to hydrolysis) is 1. The van der Waals surface area contributed by atoms with Crippen molar-refractivity contribution in [3.8, 4) is 35.2 Å². The van der Waals surface area contributed by atoms with Crippen LogP contribution in [0.25, 0.3) is 0 Å². The first-order valence-corrected chi connectivity index (χ1v) is 32.9. The number of methoxy groups -OCH3 is 5. The third-order valence-electron chi connectivity index (χ3n) is 15.0. The molecule has 2 aliphatic carbocycles. The van der Waals surface area contributed by atoms with Gasteiger partial charge in [-0.1, -0.05) is 57.9 Å². The average molecular weight is 1300 g/mol. The molecule has 2 amide bonds. The third kappa shape index (κ3) is 16.7. The number of carbonyl (C=O) groups is 4. The Morgan fingerprint density at radius 1 is 0.851 bits per heavy atom. The van der Waals surface area contributed by atoms with Crippen LogP contribution in [0.4, 0.5) is 10.5 Å². The highest BCUT2D eigenvalue weighted by Gasteiger charge is 2.57. The molecule has 19 atom stereocenters. The SMILES string of the molecule is C=C(OC)C(=O)Nc1cc(OC)c(OC)cc1C(=O)OC1C(O)CC(OC2C(=O)C(NC(=O)OC)=C3/C(=C\CSSSC)[C@]2(O)C#C/C=C\C#C[C@@H]3OC2OC(C)C(NOC3CC(O)C(SC)C(C)O3)C(O)C2OC2CC(OC)C(NC)CO2)OC1C. The van der Waals surface area contributed by atoms with Crippen LogP contribution in [0.5, 0.6) is 11.5 Å². The summed E-state index contributed by atoms with van der Waals surface area (Å²) in [6.45, 7) is 8.65. The molecule has 4 heterocycles. The fraction of sp³-hybridized carbons (Fsp3) is 0.614. The Labute approximate surface area is 520 Å². The van der Waals surface area contributed by atoms with E-state index in [-0.39, 0.29) is 82.3 Å². The van der Waals surface area contributed by atoms with Gasteiger partial charge in [0.2, 0.25) is 5.78 Å². The van der Waals surface area contributed by atoms with Gasteiger partial charge in [-0.25, -0.2) is 9.59 Å². The molecule has 1 aromatic rings. The summed E-state index contributed by atoms with van der Waals surface area (Å²) >= 11 is 1.47. The molecular weight excluding hydrogens is 1220 g/mol. The number of ketones is 1. The number of hydroxylamine groups is 1. The molecule has 87 heavy (non-hydrogen) atoms. The van der Waals surface area contributed by atoms with Gasteiger partial charge >= 0.3 is 12.1 Å². The fourth-order valence-corrected chi connectivity index (χ4v) is 13.8. The standard InChI is InChI=1S/C57H76N4O22S4/c1-27-45(61-83-43-24-36(63)51(84-11)29(3)77-43)47(64)50(80-41-25-38(71-7)34(58-5)26-75-41)55(78-27)79-37-17-15-13-14-16-19-57(69)32(18-20-86-87-85-12)44(37)46(60-56(68)74-10)48(65)52(57)81-42-23-35(62)49(28(2)76-42)82-54(67)31-21-39(72-8)40(73-9)22-33(31)59-53(66)30(4)70-6/h13-14,18,21-22,27-29,34-38,41-43,45,47,49-52,55,58,61-64,69H,4,20,23-26H2,1-3,5-12H3,(H,59,66)(H,60,68)/b14-13-,32-18+/t27?,28?,29?,34?,35?,36?,37-,38?,41?,42?,43?,45?,47?,49?,50?,51?,52?,55?,57+/m0/s1. The smallest absolute Gasteiger partial charge is 0.411 e. The van der Waals surface area contributed by atoms with E-state index in [2.05, 4.69) is 51.7 Å². The molecule has 7 rings (SSSR count). The van der Waals surface area contributed by atoms with Crippen molar-refractivity contribution in [1.29, 1.82) is 0 Å². The molecule has 6 aliphatic rings. The fourth-order valence-electron chi connectivity index (χ4n) is 10.5. The quantitative estimate of drug-likeness (QED) is 0.0140. The Morgan fingerprint density at radius 2 is 1.56 bits per heavy atom. The number of hydrogen-bond donors (Lipinski definition) is 8. The van der Waals surface area contributed by atoms with Crippen molar-refractivity contribution in [2.45, 2.75) is 155 Å². The number of hydrogen-bond acceptors (Lipinski definition) is 28. The van der Waals surface area contributed by atoms with Crippen LogP contribution < -0.4 is 30.9 Å². The van der Waals surface area contributed by atoms with E-state index in [1.807, 2.05) is 19.4 Å². The number of likely N-dealkylation sites (N-methyl/N-ethyl adjacent to an activating group) is 1. The van der Waals surface area contributed by atoms with E-state index in [4.69, 9.17) is 66.4 Å². The van der Waals surface area contributed by atoms with Crippen molar-refractivity contribution in [3.63, 3.8) is 0 Å². The Hall–Kier alpha value is -4.62. The lowest BCUT2D eigenvalue weighted by atomic mass is 9.73. The van der Waals surface area contributed by atoms with Crippen molar-refractivity contribution in [2.75, 3.05) is 72.8 Å². The Kier molecular flexibility index (Phi) is 26.0. The van der Waals surface area contributed by atoms with E-state index in [1.165, 1.54) is 95.7 Å². The zero-order valence-corrected chi connectivity index (χ0v) is 53.1. The monoisotopic (exact) mass is 1300 g/mol. The molecule has 26 nitrogen and oxygen atoms in total. The number of rotatable bonds is 24. The molecule has 17 unspecified atom stereocenters. The van der Waals surface area contributed by atoms with Crippen molar-refractivity contribution >= 4 is 72.6 Å². The van der Waals surface area contributed by atoms with Gasteiger partial charge in [0.1, 0.15) is 18.3 Å². The number of fused-ring (bicyclic) bond motifs is 2. The lowest BCUT2D eigenvalue weighted by Crippen LogP contribution is -2.65. The number of anilines is 1. The molecule has 8 N–H and O–H groups in total. The summed E-state index contributed by atoms with van der Waals surface area (Å²) in [6.07, 6.45) is -11.6. The van der Waals surface area contributed by atoms with Crippen LogP contribution in [0.15, 0.2) is 59.5 Å². The summed E-state index contributed by atoms with van der Waals surface area (Å²) in [7, 11) is 12.5. The number of carbonyl (C=O) groups excluding carboxylic acids is 4. The number of aliphatic hydroxyl groups is 4. The molecule has 30 heteroatoms.